The maximum atomic E-state index is 9.30. The molecule has 3 aromatic rings. The van der Waals surface area contributed by atoms with E-state index < -0.39 is 0 Å². The lowest BCUT2D eigenvalue weighted by Gasteiger charge is -2.04. The fourth-order valence-corrected chi connectivity index (χ4v) is 2.13. The molecule has 0 saturated heterocycles. The summed E-state index contributed by atoms with van der Waals surface area (Å²) in [5.74, 6) is 0. The number of hydrogen-bond donors (Lipinski definition) is 0. The molecule has 0 aliphatic rings. The summed E-state index contributed by atoms with van der Waals surface area (Å²) in [6.45, 7) is 2.01. The molecule has 0 aliphatic carbocycles. The largest absolute Gasteiger partial charge is 0.275 e. The lowest BCUT2D eigenvalue weighted by Crippen LogP contribution is -1.89. The van der Waals surface area contributed by atoms with Crippen LogP contribution in [0.25, 0.3) is 22.2 Å². The maximum absolute atomic E-state index is 9.30. The Balaban J connectivity index is 2.29. The van der Waals surface area contributed by atoms with Crippen LogP contribution >= 0.6 is 0 Å². The van der Waals surface area contributed by atoms with Gasteiger partial charge in [-0.05, 0) is 25.1 Å². The van der Waals surface area contributed by atoms with Crippen LogP contribution in [0.3, 0.4) is 0 Å². The van der Waals surface area contributed by atoms with Crippen LogP contribution in [0.5, 0.6) is 0 Å². The van der Waals surface area contributed by atoms with Gasteiger partial charge in [0.2, 0.25) is 0 Å². The Labute approximate surface area is 110 Å². The maximum Gasteiger partial charge on any atom is 0.0999 e. The van der Waals surface area contributed by atoms with E-state index in [0.717, 1.165) is 27.7 Å². The second-order valence-electron chi connectivity index (χ2n) is 4.59. The van der Waals surface area contributed by atoms with Crippen molar-refractivity contribution in [2.45, 2.75) is 6.92 Å². The molecular formula is C15H12N4. The van der Waals surface area contributed by atoms with Crippen molar-refractivity contribution in [3.8, 4) is 17.3 Å². The van der Waals surface area contributed by atoms with Gasteiger partial charge in [-0.25, -0.2) is 4.98 Å². The van der Waals surface area contributed by atoms with Crippen LogP contribution in [0.15, 0.2) is 36.7 Å². The molecule has 0 radical (unpaired) electrons. The van der Waals surface area contributed by atoms with Gasteiger partial charge in [-0.15, -0.1) is 0 Å². The minimum Gasteiger partial charge on any atom is -0.275 e. The predicted octanol–water partition coefficient (Wildman–Crippen LogP) is 2.82. The molecule has 0 amide bonds. The molecule has 0 atom stereocenters. The summed E-state index contributed by atoms with van der Waals surface area (Å²) in [5, 5.41) is 14.3. The van der Waals surface area contributed by atoms with E-state index in [2.05, 4.69) is 16.2 Å². The van der Waals surface area contributed by atoms with Crippen molar-refractivity contribution < 1.29 is 0 Å². The topological polar surface area (TPSA) is 54.5 Å². The first kappa shape index (κ1) is 11.4. The SMILES string of the molecule is Cc1ccc2nc(-c3cnn(C)c3)cc(C#N)c2c1. The molecule has 0 saturated carbocycles. The number of nitriles is 1. The average Bonchev–Trinajstić information content (AvgIpc) is 2.84. The van der Waals surface area contributed by atoms with E-state index in [9.17, 15) is 5.26 Å². The monoisotopic (exact) mass is 248 g/mol. The molecule has 0 fully saturated rings. The first-order valence-corrected chi connectivity index (χ1v) is 5.98. The van der Waals surface area contributed by atoms with Crippen LogP contribution in [-0.2, 0) is 7.05 Å². The lowest BCUT2D eigenvalue weighted by molar-refractivity contribution is 0.768. The van der Waals surface area contributed by atoms with Crippen molar-refractivity contribution in [1.82, 2.24) is 14.8 Å². The van der Waals surface area contributed by atoms with Crippen LogP contribution < -0.4 is 0 Å². The highest BCUT2D eigenvalue weighted by Crippen LogP contribution is 2.24. The number of fused-ring (bicyclic) bond motifs is 1. The highest BCUT2D eigenvalue weighted by molar-refractivity contribution is 5.87. The molecule has 0 unspecified atom stereocenters. The van der Waals surface area contributed by atoms with Gasteiger partial charge in [0.25, 0.3) is 0 Å². The number of pyridine rings is 1. The van der Waals surface area contributed by atoms with Crippen molar-refractivity contribution in [2.75, 3.05) is 0 Å². The third-order valence-corrected chi connectivity index (χ3v) is 3.09. The van der Waals surface area contributed by atoms with Crippen LogP contribution in [0, 0.1) is 18.3 Å². The van der Waals surface area contributed by atoms with Gasteiger partial charge in [0.15, 0.2) is 0 Å². The molecule has 1 aromatic carbocycles. The highest BCUT2D eigenvalue weighted by atomic mass is 15.2. The lowest BCUT2D eigenvalue weighted by atomic mass is 10.0. The van der Waals surface area contributed by atoms with E-state index in [1.165, 1.54) is 0 Å². The Morgan fingerprint density at radius 3 is 2.79 bits per heavy atom. The van der Waals surface area contributed by atoms with Crippen LogP contribution in [0.4, 0.5) is 0 Å². The van der Waals surface area contributed by atoms with E-state index >= 15 is 0 Å². The zero-order chi connectivity index (χ0) is 13.4. The summed E-state index contributed by atoms with van der Waals surface area (Å²) >= 11 is 0. The molecule has 0 N–H and O–H groups in total. The van der Waals surface area contributed by atoms with E-state index in [0.29, 0.717) is 5.56 Å². The Morgan fingerprint density at radius 1 is 1.26 bits per heavy atom. The molecule has 0 aliphatic heterocycles. The average molecular weight is 248 g/mol. The van der Waals surface area contributed by atoms with Crippen molar-refractivity contribution in [2.24, 2.45) is 7.05 Å². The third kappa shape index (κ3) is 1.95. The smallest absolute Gasteiger partial charge is 0.0999 e. The van der Waals surface area contributed by atoms with Crippen molar-refractivity contribution in [3.63, 3.8) is 0 Å². The molecular weight excluding hydrogens is 236 g/mol. The van der Waals surface area contributed by atoms with Gasteiger partial charge >= 0.3 is 0 Å². The van der Waals surface area contributed by atoms with Gasteiger partial charge in [0.1, 0.15) is 0 Å². The number of rotatable bonds is 1. The fourth-order valence-electron chi connectivity index (χ4n) is 2.13. The minimum absolute atomic E-state index is 0.646. The Bertz CT molecular complexity index is 809. The third-order valence-electron chi connectivity index (χ3n) is 3.09. The van der Waals surface area contributed by atoms with E-state index in [-0.39, 0.29) is 0 Å². The van der Waals surface area contributed by atoms with Crippen molar-refractivity contribution >= 4 is 10.9 Å². The van der Waals surface area contributed by atoms with Gasteiger partial charge < -0.3 is 0 Å². The predicted molar refractivity (Wildman–Crippen MR) is 73.4 cm³/mol. The number of benzene rings is 1. The van der Waals surface area contributed by atoms with E-state index in [1.54, 1.807) is 10.9 Å². The zero-order valence-corrected chi connectivity index (χ0v) is 10.8. The second kappa shape index (κ2) is 4.21. The summed E-state index contributed by atoms with van der Waals surface area (Å²) in [5.41, 5.74) is 4.30. The number of hydrogen-bond acceptors (Lipinski definition) is 3. The molecule has 92 valence electrons. The van der Waals surface area contributed by atoms with Crippen LogP contribution in [-0.4, -0.2) is 14.8 Å². The van der Waals surface area contributed by atoms with Gasteiger partial charge in [-0.2, -0.15) is 10.4 Å². The molecule has 19 heavy (non-hydrogen) atoms. The Hall–Kier alpha value is -2.67. The fraction of sp³-hybridized carbons (Fsp3) is 0.133. The first-order chi connectivity index (χ1) is 9.17. The number of nitrogens with zero attached hydrogens (tertiary/aromatic N) is 4. The molecule has 3 rings (SSSR count). The highest BCUT2D eigenvalue weighted by Gasteiger charge is 2.08. The Morgan fingerprint density at radius 2 is 2.11 bits per heavy atom. The number of aryl methyl sites for hydroxylation is 2. The van der Waals surface area contributed by atoms with Gasteiger partial charge in [0, 0.05) is 24.2 Å². The van der Waals surface area contributed by atoms with Gasteiger partial charge in [0.05, 0.1) is 29.0 Å². The van der Waals surface area contributed by atoms with Crippen molar-refractivity contribution in [1.29, 1.82) is 5.26 Å². The molecule has 4 heteroatoms. The standard InChI is InChI=1S/C15H12N4/c1-10-3-4-14-13(5-10)11(7-16)6-15(18-14)12-8-17-19(2)9-12/h3-6,8-9H,1-2H3. The summed E-state index contributed by atoms with van der Waals surface area (Å²) in [7, 11) is 1.86. The summed E-state index contributed by atoms with van der Waals surface area (Å²) in [4.78, 5) is 4.60. The second-order valence-corrected chi connectivity index (χ2v) is 4.59. The molecule has 2 aromatic heterocycles. The molecule has 0 bridgehead atoms. The normalized spacial score (nSPS) is 10.6. The Kier molecular flexibility index (Phi) is 2.53. The van der Waals surface area contributed by atoms with Crippen LogP contribution in [0.1, 0.15) is 11.1 Å². The van der Waals surface area contributed by atoms with Crippen LogP contribution in [0.2, 0.25) is 0 Å². The van der Waals surface area contributed by atoms with Gasteiger partial charge in [-0.3, -0.25) is 4.68 Å². The number of aromatic nitrogens is 3. The first-order valence-electron chi connectivity index (χ1n) is 5.98. The van der Waals surface area contributed by atoms with Crippen molar-refractivity contribution in [3.05, 3.63) is 47.8 Å². The summed E-state index contributed by atoms with van der Waals surface area (Å²) < 4.78 is 1.72. The summed E-state index contributed by atoms with van der Waals surface area (Å²) in [6.07, 6.45) is 3.65. The molecule has 2 heterocycles. The van der Waals surface area contributed by atoms with Gasteiger partial charge in [-0.1, -0.05) is 11.6 Å². The zero-order valence-electron chi connectivity index (χ0n) is 10.8. The van der Waals surface area contributed by atoms with E-state index in [4.69, 9.17) is 0 Å². The summed E-state index contributed by atoms with van der Waals surface area (Å²) in [6, 6.07) is 10.0. The minimum atomic E-state index is 0.646. The quantitative estimate of drug-likeness (QED) is 0.665. The molecule has 4 nitrogen and oxygen atoms in total. The molecule has 0 spiro atoms. The van der Waals surface area contributed by atoms with E-state index in [1.807, 2.05) is 44.4 Å².